The molecule has 0 atom stereocenters. The van der Waals surface area contributed by atoms with Crippen molar-refractivity contribution in [3.05, 3.63) is 30.0 Å². The quantitative estimate of drug-likeness (QED) is 0.885. The zero-order valence-electron chi connectivity index (χ0n) is 14.0. The van der Waals surface area contributed by atoms with Crippen molar-refractivity contribution in [1.82, 2.24) is 24.6 Å². The topological polar surface area (TPSA) is 85.2 Å². The van der Waals surface area contributed by atoms with E-state index in [0.29, 0.717) is 26.3 Å². The lowest BCUT2D eigenvalue weighted by Gasteiger charge is -2.26. The summed E-state index contributed by atoms with van der Waals surface area (Å²) in [5.74, 6) is 1.52. The van der Waals surface area contributed by atoms with Gasteiger partial charge in [-0.3, -0.25) is 9.48 Å². The number of carbonyl (C=O) groups is 1. The number of carbonyl (C=O) groups excluding carboxylic acids is 1. The van der Waals surface area contributed by atoms with Crippen LogP contribution in [0.25, 0.3) is 0 Å². The summed E-state index contributed by atoms with van der Waals surface area (Å²) in [4.78, 5) is 22.8. The number of hydrogen-bond donors (Lipinski definition) is 1. The van der Waals surface area contributed by atoms with Crippen LogP contribution in [-0.4, -0.2) is 56.9 Å². The Kier molecular flexibility index (Phi) is 5.05. The van der Waals surface area contributed by atoms with Crippen LogP contribution < -0.4 is 5.32 Å². The third-order valence-electron chi connectivity index (χ3n) is 3.82. The lowest BCUT2D eigenvalue weighted by Crippen LogP contribution is -2.42. The zero-order valence-corrected chi connectivity index (χ0v) is 14.0. The molecule has 8 heteroatoms. The van der Waals surface area contributed by atoms with Gasteiger partial charge in [-0.25, -0.2) is 9.97 Å². The molecule has 0 radical (unpaired) electrons. The van der Waals surface area contributed by atoms with Gasteiger partial charge in [-0.1, -0.05) is 6.92 Å². The Morgan fingerprint density at radius 3 is 2.88 bits per heavy atom. The van der Waals surface area contributed by atoms with Gasteiger partial charge in [-0.15, -0.1) is 0 Å². The second-order valence-electron chi connectivity index (χ2n) is 5.69. The van der Waals surface area contributed by atoms with Crippen LogP contribution in [0.4, 0.5) is 11.5 Å². The summed E-state index contributed by atoms with van der Waals surface area (Å²) in [7, 11) is 0. The number of nitrogens with zero attached hydrogens (tertiary/aromatic N) is 5. The predicted molar refractivity (Wildman–Crippen MR) is 89.1 cm³/mol. The van der Waals surface area contributed by atoms with E-state index < -0.39 is 0 Å². The third kappa shape index (κ3) is 4.08. The van der Waals surface area contributed by atoms with Crippen LogP contribution in [0, 0.1) is 6.92 Å². The molecule has 0 unspecified atom stereocenters. The minimum Gasteiger partial charge on any atom is -0.378 e. The molecule has 1 amide bonds. The Morgan fingerprint density at radius 2 is 2.12 bits per heavy atom. The highest BCUT2D eigenvalue weighted by atomic mass is 16.5. The van der Waals surface area contributed by atoms with Crippen LogP contribution >= 0.6 is 0 Å². The molecule has 1 saturated heterocycles. The van der Waals surface area contributed by atoms with E-state index in [0.717, 1.165) is 29.4 Å². The average Bonchev–Trinajstić information content (AvgIpc) is 3.02. The van der Waals surface area contributed by atoms with Crippen LogP contribution in [0.2, 0.25) is 0 Å². The second kappa shape index (κ2) is 7.39. The van der Waals surface area contributed by atoms with E-state index in [1.807, 2.05) is 13.0 Å². The molecule has 128 valence electrons. The van der Waals surface area contributed by atoms with Crippen LogP contribution in [0.5, 0.6) is 0 Å². The van der Waals surface area contributed by atoms with Gasteiger partial charge in [0.05, 0.1) is 25.1 Å². The largest absolute Gasteiger partial charge is 0.378 e. The number of nitrogens with one attached hydrogen (secondary N) is 1. The molecule has 0 saturated carbocycles. The Balaban J connectivity index is 1.63. The number of rotatable bonds is 5. The number of aromatic nitrogens is 4. The third-order valence-corrected chi connectivity index (χ3v) is 3.82. The molecule has 2 aromatic heterocycles. The molecule has 0 bridgehead atoms. The summed E-state index contributed by atoms with van der Waals surface area (Å²) in [6, 6.07) is 1.92. The summed E-state index contributed by atoms with van der Waals surface area (Å²) in [6.07, 6.45) is 4.35. The van der Waals surface area contributed by atoms with E-state index >= 15 is 0 Å². The maximum atomic E-state index is 12.2. The predicted octanol–water partition coefficient (Wildman–Crippen LogP) is 1.15. The van der Waals surface area contributed by atoms with Crippen molar-refractivity contribution in [3.63, 3.8) is 0 Å². The van der Waals surface area contributed by atoms with Gasteiger partial charge in [0.1, 0.15) is 18.2 Å². The first kappa shape index (κ1) is 16.4. The van der Waals surface area contributed by atoms with Gasteiger partial charge < -0.3 is 15.0 Å². The molecule has 3 heterocycles. The van der Waals surface area contributed by atoms with Crippen molar-refractivity contribution in [2.45, 2.75) is 26.8 Å². The SMILES string of the molecule is CCc1cc(Nc2cnn(CC(=O)N3CCOCC3)c2)nc(C)n1. The van der Waals surface area contributed by atoms with E-state index in [1.165, 1.54) is 0 Å². The first-order chi connectivity index (χ1) is 11.6. The van der Waals surface area contributed by atoms with E-state index in [9.17, 15) is 4.79 Å². The van der Waals surface area contributed by atoms with Crippen molar-refractivity contribution in [3.8, 4) is 0 Å². The number of aryl methyl sites for hydroxylation is 2. The fourth-order valence-corrected chi connectivity index (χ4v) is 2.59. The molecule has 1 N–H and O–H groups in total. The van der Waals surface area contributed by atoms with Crippen molar-refractivity contribution < 1.29 is 9.53 Å². The minimum absolute atomic E-state index is 0.0547. The van der Waals surface area contributed by atoms with E-state index in [2.05, 4.69) is 27.3 Å². The molecular formula is C16H22N6O2. The highest BCUT2D eigenvalue weighted by Crippen LogP contribution is 2.15. The van der Waals surface area contributed by atoms with E-state index in [1.54, 1.807) is 22.0 Å². The number of morpholine rings is 1. The molecule has 3 rings (SSSR count). The van der Waals surface area contributed by atoms with Gasteiger partial charge in [-0.05, 0) is 13.3 Å². The number of ether oxygens (including phenoxy) is 1. The summed E-state index contributed by atoms with van der Waals surface area (Å²) in [5, 5.41) is 7.46. The lowest BCUT2D eigenvalue weighted by atomic mass is 10.3. The normalized spacial score (nSPS) is 14.7. The highest BCUT2D eigenvalue weighted by Gasteiger charge is 2.17. The van der Waals surface area contributed by atoms with Crippen molar-refractivity contribution in [1.29, 1.82) is 0 Å². The molecule has 24 heavy (non-hydrogen) atoms. The molecule has 1 aliphatic rings. The van der Waals surface area contributed by atoms with Crippen molar-refractivity contribution in [2.75, 3.05) is 31.6 Å². The molecule has 1 aliphatic heterocycles. The maximum absolute atomic E-state index is 12.2. The van der Waals surface area contributed by atoms with Crippen LogP contribution in [0.3, 0.4) is 0 Å². The highest BCUT2D eigenvalue weighted by molar-refractivity contribution is 5.76. The minimum atomic E-state index is 0.0547. The summed E-state index contributed by atoms with van der Waals surface area (Å²) >= 11 is 0. The summed E-state index contributed by atoms with van der Waals surface area (Å²) in [5.41, 5.74) is 1.78. The Morgan fingerprint density at radius 1 is 1.33 bits per heavy atom. The van der Waals surface area contributed by atoms with Crippen molar-refractivity contribution in [2.24, 2.45) is 0 Å². The van der Waals surface area contributed by atoms with Crippen LogP contribution in [-0.2, 0) is 22.5 Å². The maximum Gasteiger partial charge on any atom is 0.244 e. The van der Waals surface area contributed by atoms with Crippen LogP contribution in [0.1, 0.15) is 18.4 Å². The molecule has 0 spiro atoms. The number of amides is 1. The Hall–Kier alpha value is -2.48. The first-order valence-corrected chi connectivity index (χ1v) is 8.13. The van der Waals surface area contributed by atoms with Gasteiger partial charge >= 0.3 is 0 Å². The van der Waals surface area contributed by atoms with Gasteiger partial charge in [0, 0.05) is 31.0 Å². The molecule has 0 aliphatic carbocycles. The Labute approximate surface area is 140 Å². The van der Waals surface area contributed by atoms with Crippen molar-refractivity contribution >= 4 is 17.4 Å². The van der Waals surface area contributed by atoms with Gasteiger partial charge in [0.15, 0.2) is 0 Å². The molecular weight excluding hydrogens is 308 g/mol. The first-order valence-electron chi connectivity index (χ1n) is 8.13. The number of hydrogen-bond acceptors (Lipinski definition) is 6. The van der Waals surface area contributed by atoms with Gasteiger partial charge in [0.2, 0.25) is 5.91 Å². The average molecular weight is 330 g/mol. The summed E-state index contributed by atoms with van der Waals surface area (Å²) < 4.78 is 6.89. The standard InChI is InChI=1S/C16H22N6O2/c1-3-13-8-15(19-12(2)18-13)20-14-9-17-22(10-14)11-16(23)21-4-6-24-7-5-21/h8-10H,3-7,11H2,1-2H3,(H,18,19,20). The van der Waals surface area contributed by atoms with Crippen LogP contribution in [0.15, 0.2) is 18.5 Å². The fraction of sp³-hybridized carbons (Fsp3) is 0.500. The molecule has 8 nitrogen and oxygen atoms in total. The van der Waals surface area contributed by atoms with Gasteiger partial charge in [-0.2, -0.15) is 5.10 Å². The van der Waals surface area contributed by atoms with E-state index in [-0.39, 0.29) is 12.5 Å². The Bertz CT molecular complexity index is 708. The zero-order chi connectivity index (χ0) is 16.9. The van der Waals surface area contributed by atoms with E-state index in [4.69, 9.17) is 4.74 Å². The fourth-order valence-electron chi connectivity index (χ4n) is 2.59. The monoisotopic (exact) mass is 330 g/mol. The molecule has 2 aromatic rings. The summed E-state index contributed by atoms with van der Waals surface area (Å²) in [6.45, 7) is 6.64. The smallest absolute Gasteiger partial charge is 0.244 e. The second-order valence-corrected chi connectivity index (χ2v) is 5.69. The number of anilines is 2. The molecule has 1 fully saturated rings. The lowest BCUT2D eigenvalue weighted by molar-refractivity contribution is -0.136. The van der Waals surface area contributed by atoms with Gasteiger partial charge in [0.25, 0.3) is 0 Å². The molecule has 0 aromatic carbocycles.